The summed E-state index contributed by atoms with van der Waals surface area (Å²) in [5, 5.41) is 7.43. The number of nitrogens with zero attached hydrogens (tertiary/aromatic N) is 1. The Morgan fingerprint density at radius 2 is 2.23 bits per heavy atom. The van der Waals surface area contributed by atoms with Crippen molar-refractivity contribution < 1.29 is 9.47 Å². The van der Waals surface area contributed by atoms with Crippen LogP contribution in [0.3, 0.4) is 0 Å². The summed E-state index contributed by atoms with van der Waals surface area (Å²) in [6.45, 7) is 10.5. The minimum Gasteiger partial charge on any atom is -0.492 e. The number of anilines is 1. The Morgan fingerprint density at radius 3 is 2.91 bits per heavy atom. The van der Waals surface area contributed by atoms with E-state index in [1.807, 2.05) is 32.9 Å². The first-order chi connectivity index (χ1) is 10.5. The van der Waals surface area contributed by atoms with E-state index in [-0.39, 0.29) is 6.10 Å². The molecule has 1 aliphatic rings. The predicted molar refractivity (Wildman–Crippen MR) is 87.7 cm³/mol. The molecule has 0 saturated carbocycles. The number of fused-ring (bicyclic) bond motifs is 3. The number of hydrogen-bond acceptors (Lipinski definition) is 4. The summed E-state index contributed by atoms with van der Waals surface area (Å²) in [5.74, 6) is 1.35. The lowest BCUT2D eigenvalue weighted by Gasteiger charge is -2.13. The van der Waals surface area contributed by atoms with Crippen LogP contribution in [0.25, 0.3) is 17.0 Å². The highest BCUT2D eigenvalue weighted by molar-refractivity contribution is 5.82. The maximum Gasteiger partial charge on any atom is 0.142 e. The molecule has 1 heterocycles. The average Bonchev–Trinajstić information content (AvgIpc) is 2.98. The molecule has 0 unspecified atom stereocenters. The van der Waals surface area contributed by atoms with Crippen LogP contribution in [0.4, 0.5) is 5.69 Å². The van der Waals surface area contributed by atoms with Gasteiger partial charge < -0.3 is 15.2 Å². The molecule has 0 aliphatic heterocycles. The van der Waals surface area contributed by atoms with Gasteiger partial charge in [0.2, 0.25) is 0 Å². The maximum atomic E-state index is 6.11. The smallest absolute Gasteiger partial charge is 0.142 e. The Balaban J connectivity index is 1.99. The molecule has 3 N–H and O–H groups in total. The predicted octanol–water partition coefficient (Wildman–Crippen LogP) is 3.36. The van der Waals surface area contributed by atoms with Gasteiger partial charge in [-0.2, -0.15) is 5.10 Å². The summed E-state index contributed by atoms with van der Waals surface area (Å²) in [5.41, 5.74) is 11.9. The number of hydrogen-bond donors (Lipinski definition) is 2. The van der Waals surface area contributed by atoms with Crippen LogP contribution in [-0.2, 0) is 11.2 Å². The number of aromatic nitrogens is 2. The number of nitrogens with two attached hydrogens (primary N) is 1. The van der Waals surface area contributed by atoms with Crippen LogP contribution in [0, 0.1) is 0 Å². The van der Waals surface area contributed by atoms with Crippen LogP contribution < -0.4 is 10.5 Å². The molecule has 0 bridgehead atoms. The molecule has 1 aromatic heterocycles. The quantitative estimate of drug-likeness (QED) is 0.559. The fourth-order valence-electron chi connectivity index (χ4n) is 2.79. The van der Waals surface area contributed by atoms with E-state index in [2.05, 4.69) is 16.8 Å². The molecule has 1 aromatic carbocycles. The van der Waals surface area contributed by atoms with Crippen molar-refractivity contribution in [1.29, 1.82) is 0 Å². The third-order valence-corrected chi connectivity index (χ3v) is 3.69. The molecular formula is C17H21N3O2. The Morgan fingerprint density at radius 1 is 1.45 bits per heavy atom. The van der Waals surface area contributed by atoms with E-state index in [9.17, 15) is 0 Å². The van der Waals surface area contributed by atoms with Gasteiger partial charge >= 0.3 is 0 Å². The van der Waals surface area contributed by atoms with Crippen LogP contribution in [0.2, 0.25) is 0 Å². The standard InChI is InChI=1S/C17H21N3O2/c1-5-21-10(4)16-13-6-11-7-15(22-9(2)3)14(18)8-12(11)17(13)20-19-16/h7-9H,4-6,18H2,1-3H3,(H,19,20). The van der Waals surface area contributed by atoms with Gasteiger partial charge in [-0.1, -0.05) is 6.58 Å². The number of nitrogen functional groups attached to an aromatic ring is 1. The molecule has 0 radical (unpaired) electrons. The Labute approximate surface area is 130 Å². The van der Waals surface area contributed by atoms with Crippen LogP contribution in [0.15, 0.2) is 18.7 Å². The van der Waals surface area contributed by atoms with Gasteiger partial charge in [0.15, 0.2) is 0 Å². The first-order valence-electron chi connectivity index (χ1n) is 7.50. The third-order valence-electron chi connectivity index (χ3n) is 3.69. The summed E-state index contributed by atoms with van der Waals surface area (Å²) in [6, 6.07) is 3.95. The highest BCUT2D eigenvalue weighted by Gasteiger charge is 2.27. The van der Waals surface area contributed by atoms with Gasteiger partial charge in [0.1, 0.15) is 17.2 Å². The van der Waals surface area contributed by atoms with E-state index in [0.29, 0.717) is 18.1 Å². The number of H-pyrrole nitrogens is 1. The van der Waals surface area contributed by atoms with Crippen molar-refractivity contribution in [3.8, 4) is 17.0 Å². The summed E-state index contributed by atoms with van der Waals surface area (Å²) in [4.78, 5) is 0. The molecule has 5 nitrogen and oxygen atoms in total. The van der Waals surface area contributed by atoms with Gasteiger partial charge in [-0.05, 0) is 38.5 Å². The fourth-order valence-corrected chi connectivity index (χ4v) is 2.79. The average molecular weight is 299 g/mol. The molecule has 0 atom stereocenters. The molecule has 0 amide bonds. The fraction of sp³-hybridized carbons (Fsp3) is 0.353. The molecule has 2 aromatic rings. The lowest BCUT2D eigenvalue weighted by molar-refractivity contribution is 0.243. The minimum atomic E-state index is 0.0905. The monoisotopic (exact) mass is 299 g/mol. The normalized spacial score (nSPS) is 12.2. The SMILES string of the molecule is C=C(OCC)c1[nH]nc2c1Cc1cc(OC(C)C)c(N)cc1-2. The van der Waals surface area contributed by atoms with E-state index in [1.54, 1.807) is 0 Å². The van der Waals surface area contributed by atoms with Crippen molar-refractivity contribution in [3.05, 3.63) is 35.5 Å². The highest BCUT2D eigenvalue weighted by atomic mass is 16.5. The zero-order chi connectivity index (χ0) is 15.9. The summed E-state index contributed by atoms with van der Waals surface area (Å²) in [7, 11) is 0. The van der Waals surface area contributed by atoms with Crippen molar-refractivity contribution in [2.24, 2.45) is 0 Å². The number of aromatic amines is 1. The zero-order valence-electron chi connectivity index (χ0n) is 13.2. The maximum absolute atomic E-state index is 6.11. The molecule has 116 valence electrons. The van der Waals surface area contributed by atoms with E-state index < -0.39 is 0 Å². The van der Waals surface area contributed by atoms with Gasteiger partial charge in [-0.25, -0.2) is 0 Å². The Hall–Kier alpha value is -2.43. The second-order valence-corrected chi connectivity index (χ2v) is 5.67. The van der Waals surface area contributed by atoms with E-state index in [1.165, 1.54) is 5.56 Å². The second kappa shape index (κ2) is 5.40. The molecule has 1 aliphatic carbocycles. The minimum absolute atomic E-state index is 0.0905. The lowest BCUT2D eigenvalue weighted by Crippen LogP contribution is -2.08. The number of nitrogens with one attached hydrogen (secondary N) is 1. The van der Waals surface area contributed by atoms with Crippen molar-refractivity contribution >= 4 is 11.4 Å². The van der Waals surface area contributed by atoms with Gasteiger partial charge in [0.05, 0.1) is 24.1 Å². The highest BCUT2D eigenvalue weighted by Crippen LogP contribution is 2.42. The van der Waals surface area contributed by atoms with E-state index in [0.717, 1.165) is 34.7 Å². The van der Waals surface area contributed by atoms with E-state index >= 15 is 0 Å². The number of ether oxygens (including phenoxy) is 2. The van der Waals surface area contributed by atoms with Crippen molar-refractivity contribution in [2.75, 3.05) is 12.3 Å². The first kappa shape index (κ1) is 14.5. The second-order valence-electron chi connectivity index (χ2n) is 5.67. The summed E-state index contributed by atoms with van der Waals surface area (Å²) in [6.07, 6.45) is 0.866. The molecule has 0 saturated heterocycles. The molecule has 0 spiro atoms. The van der Waals surface area contributed by atoms with Crippen molar-refractivity contribution in [1.82, 2.24) is 10.2 Å². The largest absolute Gasteiger partial charge is 0.492 e. The molecule has 5 heteroatoms. The number of benzene rings is 1. The zero-order valence-corrected chi connectivity index (χ0v) is 13.2. The van der Waals surface area contributed by atoms with Crippen LogP contribution in [0.1, 0.15) is 37.6 Å². The van der Waals surface area contributed by atoms with E-state index in [4.69, 9.17) is 15.2 Å². The van der Waals surface area contributed by atoms with Gasteiger partial charge in [0.25, 0.3) is 0 Å². The molecule has 22 heavy (non-hydrogen) atoms. The van der Waals surface area contributed by atoms with Gasteiger partial charge in [-0.3, -0.25) is 5.10 Å². The Kier molecular flexibility index (Phi) is 3.56. The third kappa shape index (κ3) is 2.32. The summed E-state index contributed by atoms with van der Waals surface area (Å²) >= 11 is 0. The van der Waals surface area contributed by atoms with Crippen molar-refractivity contribution in [3.63, 3.8) is 0 Å². The van der Waals surface area contributed by atoms with Crippen molar-refractivity contribution in [2.45, 2.75) is 33.3 Å². The first-order valence-corrected chi connectivity index (χ1v) is 7.50. The van der Waals surface area contributed by atoms with Crippen LogP contribution in [0.5, 0.6) is 5.75 Å². The van der Waals surface area contributed by atoms with Gasteiger partial charge in [0, 0.05) is 17.5 Å². The van der Waals surface area contributed by atoms with Crippen LogP contribution in [-0.4, -0.2) is 22.9 Å². The van der Waals surface area contributed by atoms with Gasteiger partial charge in [-0.15, -0.1) is 0 Å². The summed E-state index contributed by atoms with van der Waals surface area (Å²) < 4.78 is 11.3. The Bertz CT molecular complexity index is 732. The number of rotatable bonds is 5. The molecule has 3 rings (SSSR count). The van der Waals surface area contributed by atoms with Crippen LogP contribution >= 0.6 is 0 Å². The lowest BCUT2D eigenvalue weighted by atomic mass is 10.1. The topological polar surface area (TPSA) is 73.2 Å². The molecule has 0 fully saturated rings. The molecular weight excluding hydrogens is 278 g/mol.